The zero-order valence-corrected chi connectivity index (χ0v) is 17.4. The summed E-state index contributed by atoms with van der Waals surface area (Å²) >= 11 is 0. The van der Waals surface area contributed by atoms with Gasteiger partial charge in [0.1, 0.15) is 11.5 Å². The van der Waals surface area contributed by atoms with Crippen molar-refractivity contribution in [2.45, 2.75) is 6.54 Å². The zero-order chi connectivity index (χ0) is 22.1. The van der Waals surface area contributed by atoms with Crippen LogP contribution in [0.15, 0.2) is 89.0 Å². The Bertz CT molecular complexity index is 1340. The smallest absolute Gasteiger partial charge is 0.329 e. The first-order valence-corrected chi connectivity index (χ1v) is 10.2. The summed E-state index contributed by atoms with van der Waals surface area (Å²) in [5.74, 6) is 0.910. The van der Waals surface area contributed by atoms with Crippen LogP contribution >= 0.6 is 0 Å². The van der Waals surface area contributed by atoms with Crippen LogP contribution in [0, 0.1) is 0 Å². The molecule has 0 unspecified atom stereocenters. The number of methoxy groups -OCH3 is 1. The number of carbonyl (C=O) groups excluding carboxylic acids is 2. The van der Waals surface area contributed by atoms with Crippen LogP contribution in [0.3, 0.4) is 0 Å². The van der Waals surface area contributed by atoms with Crippen molar-refractivity contribution >= 4 is 29.0 Å². The third-order valence-corrected chi connectivity index (χ3v) is 5.34. The van der Waals surface area contributed by atoms with Crippen LogP contribution in [0.4, 0.5) is 4.79 Å². The number of nitrogens with zero attached hydrogens (tertiary/aromatic N) is 1. The molecule has 1 N–H and O–H groups in total. The van der Waals surface area contributed by atoms with Crippen molar-refractivity contribution in [3.05, 3.63) is 95.7 Å². The molecule has 0 spiro atoms. The van der Waals surface area contributed by atoms with Gasteiger partial charge in [-0.1, -0.05) is 60.7 Å². The number of hydrogen-bond acceptors (Lipinski definition) is 4. The molecule has 2 heterocycles. The summed E-state index contributed by atoms with van der Waals surface area (Å²) in [6, 6.07) is 24.4. The normalized spacial score (nSPS) is 14.9. The fourth-order valence-corrected chi connectivity index (χ4v) is 3.77. The highest BCUT2D eigenvalue weighted by atomic mass is 16.5. The van der Waals surface area contributed by atoms with E-state index in [2.05, 4.69) is 5.32 Å². The van der Waals surface area contributed by atoms with E-state index in [-0.39, 0.29) is 18.1 Å². The number of imide groups is 1. The minimum absolute atomic E-state index is 0.216. The molecule has 6 heteroatoms. The van der Waals surface area contributed by atoms with Gasteiger partial charge in [-0.25, -0.2) is 4.79 Å². The average molecular weight is 424 g/mol. The maximum absolute atomic E-state index is 12.9. The fourth-order valence-electron chi connectivity index (χ4n) is 3.77. The Morgan fingerprint density at radius 1 is 0.969 bits per heavy atom. The number of rotatable bonds is 5. The lowest BCUT2D eigenvalue weighted by molar-refractivity contribution is -0.123. The molecule has 3 aromatic carbocycles. The van der Waals surface area contributed by atoms with Gasteiger partial charge < -0.3 is 14.5 Å². The number of nitrogens with one attached hydrogen (secondary N) is 1. The van der Waals surface area contributed by atoms with E-state index in [4.69, 9.17) is 9.15 Å². The first-order chi connectivity index (χ1) is 15.6. The second-order valence-electron chi connectivity index (χ2n) is 7.48. The molecule has 0 saturated carbocycles. The van der Waals surface area contributed by atoms with Gasteiger partial charge in [0.2, 0.25) is 0 Å². The van der Waals surface area contributed by atoms with Gasteiger partial charge in [0.25, 0.3) is 5.91 Å². The standard InChI is InChI=1S/C26H20N2O4/c1-31-23-14-18(12-20-15-22(32-24(20)23)19-10-6-3-7-11-19)13-21-25(29)28(26(30)27-21)16-17-8-4-2-5-9-17/h2-15H,16H2,1H3,(H,27,30)/b21-13-. The molecule has 4 aromatic rings. The summed E-state index contributed by atoms with van der Waals surface area (Å²) in [4.78, 5) is 26.5. The van der Waals surface area contributed by atoms with Crippen molar-refractivity contribution in [1.82, 2.24) is 10.2 Å². The summed E-state index contributed by atoms with van der Waals surface area (Å²) in [6.07, 6.45) is 1.66. The quantitative estimate of drug-likeness (QED) is 0.353. The van der Waals surface area contributed by atoms with Crippen molar-refractivity contribution in [1.29, 1.82) is 0 Å². The first-order valence-electron chi connectivity index (χ1n) is 10.2. The molecule has 0 atom stereocenters. The van der Waals surface area contributed by atoms with Crippen LogP contribution < -0.4 is 10.1 Å². The van der Waals surface area contributed by atoms with Gasteiger partial charge in [-0.2, -0.15) is 0 Å². The van der Waals surface area contributed by atoms with Crippen LogP contribution in [-0.4, -0.2) is 23.9 Å². The minimum Gasteiger partial charge on any atom is -0.493 e. The second kappa shape index (κ2) is 8.07. The van der Waals surface area contributed by atoms with Crippen molar-refractivity contribution in [2.75, 3.05) is 7.11 Å². The molecule has 1 fully saturated rings. The van der Waals surface area contributed by atoms with Crippen LogP contribution in [0.1, 0.15) is 11.1 Å². The van der Waals surface area contributed by atoms with Crippen molar-refractivity contribution in [3.63, 3.8) is 0 Å². The molecular weight excluding hydrogens is 404 g/mol. The van der Waals surface area contributed by atoms with Crippen LogP contribution in [0.2, 0.25) is 0 Å². The number of ether oxygens (including phenoxy) is 1. The molecule has 1 aromatic heterocycles. The van der Waals surface area contributed by atoms with E-state index in [9.17, 15) is 9.59 Å². The molecular formula is C26H20N2O4. The molecule has 1 aliphatic heterocycles. The van der Waals surface area contributed by atoms with E-state index >= 15 is 0 Å². The molecule has 1 aliphatic rings. The lowest BCUT2D eigenvalue weighted by Crippen LogP contribution is -2.30. The van der Waals surface area contributed by atoms with Crippen molar-refractivity contribution < 1.29 is 18.7 Å². The minimum atomic E-state index is -0.437. The number of fused-ring (bicyclic) bond motifs is 1. The summed E-state index contributed by atoms with van der Waals surface area (Å²) in [5, 5.41) is 3.51. The van der Waals surface area contributed by atoms with E-state index < -0.39 is 6.03 Å². The predicted octanol–water partition coefficient (Wildman–Crippen LogP) is 5.20. The zero-order valence-electron chi connectivity index (χ0n) is 17.4. The maximum Gasteiger partial charge on any atom is 0.329 e. The Hall–Kier alpha value is -4.32. The average Bonchev–Trinajstić information content (AvgIpc) is 3.36. The summed E-state index contributed by atoms with van der Waals surface area (Å²) in [7, 11) is 1.57. The highest BCUT2D eigenvalue weighted by Gasteiger charge is 2.33. The number of benzene rings is 3. The summed E-state index contributed by atoms with van der Waals surface area (Å²) < 4.78 is 11.6. The van der Waals surface area contributed by atoms with Gasteiger partial charge in [-0.15, -0.1) is 0 Å². The monoisotopic (exact) mass is 424 g/mol. The molecule has 6 nitrogen and oxygen atoms in total. The molecule has 158 valence electrons. The fraction of sp³-hybridized carbons (Fsp3) is 0.0769. The predicted molar refractivity (Wildman–Crippen MR) is 122 cm³/mol. The van der Waals surface area contributed by atoms with E-state index in [0.717, 1.165) is 27.8 Å². The lowest BCUT2D eigenvalue weighted by atomic mass is 10.1. The third kappa shape index (κ3) is 3.63. The van der Waals surface area contributed by atoms with Gasteiger partial charge in [0.15, 0.2) is 11.3 Å². The molecule has 0 bridgehead atoms. The number of hydrogen-bond donors (Lipinski definition) is 1. The van der Waals surface area contributed by atoms with E-state index in [1.54, 1.807) is 19.3 Å². The number of urea groups is 1. The third-order valence-electron chi connectivity index (χ3n) is 5.34. The van der Waals surface area contributed by atoms with E-state index in [0.29, 0.717) is 11.3 Å². The van der Waals surface area contributed by atoms with Crippen LogP contribution in [0.5, 0.6) is 5.75 Å². The largest absolute Gasteiger partial charge is 0.493 e. The first kappa shape index (κ1) is 19.6. The van der Waals surface area contributed by atoms with E-state index in [1.165, 1.54) is 4.90 Å². The van der Waals surface area contributed by atoms with E-state index in [1.807, 2.05) is 72.8 Å². The molecule has 32 heavy (non-hydrogen) atoms. The molecule has 0 radical (unpaired) electrons. The highest BCUT2D eigenvalue weighted by Crippen LogP contribution is 2.35. The topological polar surface area (TPSA) is 71.8 Å². The SMILES string of the molecule is COc1cc(/C=C2\NC(=O)N(Cc3ccccc3)C2=O)cc2cc(-c3ccccc3)oc12. The Labute approximate surface area is 184 Å². The lowest BCUT2D eigenvalue weighted by Gasteiger charge is -2.11. The summed E-state index contributed by atoms with van der Waals surface area (Å²) in [6.45, 7) is 0.216. The maximum atomic E-state index is 12.9. The number of carbonyl (C=O) groups is 2. The Balaban J connectivity index is 1.48. The molecule has 3 amide bonds. The van der Waals surface area contributed by atoms with Crippen molar-refractivity contribution in [2.24, 2.45) is 0 Å². The van der Waals surface area contributed by atoms with Crippen LogP contribution in [-0.2, 0) is 11.3 Å². The highest BCUT2D eigenvalue weighted by molar-refractivity contribution is 6.14. The Morgan fingerprint density at radius 3 is 2.41 bits per heavy atom. The van der Waals surface area contributed by atoms with Gasteiger partial charge in [0, 0.05) is 10.9 Å². The number of amides is 3. The molecule has 5 rings (SSSR count). The van der Waals surface area contributed by atoms with Crippen LogP contribution in [0.25, 0.3) is 28.4 Å². The Morgan fingerprint density at radius 2 is 1.69 bits per heavy atom. The van der Waals surface area contributed by atoms with Gasteiger partial charge in [-0.05, 0) is 35.4 Å². The van der Waals surface area contributed by atoms with Gasteiger partial charge in [0.05, 0.1) is 13.7 Å². The molecule has 0 aliphatic carbocycles. The Kier molecular flexibility index (Phi) is 4.95. The summed E-state index contributed by atoms with van der Waals surface area (Å²) in [5.41, 5.74) is 3.41. The van der Waals surface area contributed by atoms with Gasteiger partial charge >= 0.3 is 6.03 Å². The van der Waals surface area contributed by atoms with Crippen molar-refractivity contribution in [3.8, 4) is 17.1 Å². The second-order valence-corrected chi connectivity index (χ2v) is 7.48. The number of furan rings is 1. The molecule has 1 saturated heterocycles. The van der Waals surface area contributed by atoms with Gasteiger partial charge in [-0.3, -0.25) is 9.69 Å².